The number of benzene rings is 4. The molecule has 1 heterocycles. The summed E-state index contributed by atoms with van der Waals surface area (Å²) >= 11 is 0. The van der Waals surface area contributed by atoms with E-state index in [4.69, 9.17) is 23.4 Å². The Morgan fingerprint density at radius 2 is 0.898 bits per heavy atom. The van der Waals surface area contributed by atoms with Crippen molar-refractivity contribution in [3.05, 3.63) is 108 Å². The van der Waals surface area contributed by atoms with Gasteiger partial charge in [-0.2, -0.15) is 0 Å². The van der Waals surface area contributed by atoms with Gasteiger partial charge in [-0.1, -0.05) is 110 Å². The molecular weight excluding hydrogens is 748 g/mol. The third-order valence-electron chi connectivity index (χ3n) is 10.1. The second-order valence-electron chi connectivity index (χ2n) is 14.9. The van der Waals surface area contributed by atoms with Crippen molar-refractivity contribution in [1.29, 1.82) is 0 Å². The van der Waals surface area contributed by atoms with Crippen molar-refractivity contribution in [1.82, 2.24) is 10.2 Å². The zero-order valence-electron chi connectivity index (χ0n) is 34.7. The average Bonchev–Trinajstić information content (AvgIpc) is 3.75. The van der Waals surface area contributed by atoms with Crippen LogP contribution < -0.4 is 18.9 Å². The van der Waals surface area contributed by atoms with Crippen LogP contribution >= 0.6 is 0 Å². The monoisotopic (exact) mass is 806 g/mol. The molecule has 0 saturated heterocycles. The van der Waals surface area contributed by atoms with Crippen molar-refractivity contribution in [2.24, 2.45) is 0 Å². The highest BCUT2D eigenvalue weighted by Gasteiger charge is 2.17. The van der Waals surface area contributed by atoms with Gasteiger partial charge in [-0.05, 0) is 97.8 Å². The molecule has 4 aromatic carbocycles. The van der Waals surface area contributed by atoms with Crippen LogP contribution in [0.1, 0.15) is 144 Å². The minimum atomic E-state index is -0.819. The molecule has 59 heavy (non-hydrogen) atoms. The van der Waals surface area contributed by atoms with E-state index in [0.717, 1.165) is 31.4 Å². The first-order chi connectivity index (χ1) is 28.9. The number of halogens is 1. The Morgan fingerprint density at radius 1 is 0.492 bits per heavy atom. The molecule has 5 aromatic rings. The molecule has 0 aliphatic rings. The summed E-state index contributed by atoms with van der Waals surface area (Å²) in [6, 6.07) is 24.4. The van der Waals surface area contributed by atoms with E-state index in [1.165, 1.54) is 95.6 Å². The van der Waals surface area contributed by atoms with Crippen LogP contribution in [-0.2, 0) is 0 Å². The van der Waals surface area contributed by atoms with Crippen molar-refractivity contribution >= 4 is 11.9 Å². The fraction of sp³-hybridized carbons (Fsp3) is 0.429. The first-order valence-corrected chi connectivity index (χ1v) is 21.6. The molecule has 0 unspecified atom stereocenters. The Kier molecular flexibility index (Phi) is 19.0. The minimum absolute atomic E-state index is 0.186. The van der Waals surface area contributed by atoms with Crippen LogP contribution in [0.3, 0.4) is 0 Å². The molecule has 0 N–H and O–H groups in total. The SMILES string of the molecule is CCCCCCCCCCCCOc1ccc(C(=O)Oc2ccc(-c3nnc(-c4ccc(OC(=O)c5ccc(OCCCCCCCCC)cc5F)cc4)o3)cc2)cc1. The molecule has 314 valence electrons. The molecule has 5 rings (SSSR count). The predicted molar refractivity (Wildman–Crippen MR) is 229 cm³/mol. The van der Waals surface area contributed by atoms with Gasteiger partial charge in [0.25, 0.3) is 0 Å². The molecule has 0 bridgehead atoms. The van der Waals surface area contributed by atoms with E-state index in [9.17, 15) is 14.0 Å². The van der Waals surface area contributed by atoms with Gasteiger partial charge in [-0.15, -0.1) is 10.2 Å². The predicted octanol–water partition coefficient (Wildman–Crippen LogP) is 13.4. The van der Waals surface area contributed by atoms with Gasteiger partial charge in [0.15, 0.2) is 0 Å². The molecule has 0 atom stereocenters. The van der Waals surface area contributed by atoms with Gasteiger partial charge in [0, 0.05) is 17.2 Å². The van der Waals surface area contributed by atoms with Crippen molar-refractivity contribution < 1.29 is 37.3 Å². The number of hydrogen-bond acceptors (Lipinski definition) is 9. The Bertz CT molecular complexity index is 1980. The number of rotatable bonds is 27. The molecule has 0 aliphatic heterocycles. The molecule has 0 saturated carbocycles. The Morgan fingerprint density at radius 3 is 1.37 bits per heavy atom. The first kappa shape index (κ1) is 44.6. The van der Waals surface area contributed by atoms with Crippen molar-refractivity contribution in [3.8, 4) is 45.9 Å². The lowest BCUT2D eigenvalue weighted by atomic mass is 10.1. The van der Waals surface area contributed by atoms with Crippen molar-refractivity contribution in [2.75, 3.05) is 13.2 Å². The molecule has 10 heteroatoms. The van der Waals surface area contributed by atoms with Crippen LogP contribution in [-0.4, -0.2) is 35.3 Å². The van der Waals surface area contributed by atoms with Crippen LogP contribution in [0.5, 0.6) is 23.0 Å². The normalized spacial score (nSPS) is 11.0. The smallest absolute Gasteiger partial charge is 0.346 e. The van der Waals surface area contributed by atoms with E-state index < -0.39 is 17.8 Å². The van der Waals surface area contributed by atoms with E-state index in [-0.39, 0.29) is 23.1 Å². The second kappa shape index (κ2) is 25.1. The summed E-state index contributed by atoms with van der Waals surface area (Å²) in [6.07, 6.45) is 20.9. The van der Waals surface area contributed by atoms with E-state index >= 15 is 0 Å². The van der Waals surface area contributed by atoms with Gasteiger partial charge in [-0.3, -0.25) is 0 Å². The third-order valence-corrected chi connectivity index (χ3v) is 10.1. The summed E-state index contributed by atoms with van der Waals surface area (Å²) in [7, 11) is 0. The molecule has 0 amide bonds. The van der Waals surface area contributed by atoms with Crippen molar-refractivity contribution in [2.45, 2.75) is 123 Å². The van der Waals surface area contributed by atoms with E-state index in [2.05, 4.69) is 24.0 Å². The maximum Gasteiger partial charge on any atom is 0.346 e. The number of esters is 2. The van der Waals surface area contributed by atoms with Gasteiger partial charge in [0.05, 0.1) is 24.3 Å². The summed E-state index contributed by atoms with van der Waals surface area (Å²) < 4.78 is 43.3. The summed E-state index contributed by atoms with van der Waals surface area (Å²) in [4.78, 5) is 25.6. The number of carbonyl (C=O) groups is 2. The zero-order valence-corrected chi connectivity index (χ0v) is 34.7. The standard InChI is InChI=1S/C49H59FN2O7/c1-3-5-7-9-11-12-13-15-17-18-34-55-40-26-24-39(25-27-40)48(53)57-41-28-20-37(21-29-41)46-51-52-47(59-46)38-22-30-42(31-23-38)58-49(54)44-33-32-43(36-45(44)50)56-35-19-16-14-10-8-6-4-2/h20-33,36H,3-19,34-35H2,1-2H3. The zero-order chi connectivity index (χ0) is 41.5. The Hall–Kier alpha value is -5.51. The van der Waals surface area contributed by atoms with Crippen LogP contribution in [0.15, 0.2) is 95.4 Å². The molecule has 1 aromatic heterocycles. The summed E-state index contributed by atoms with van der Waals surface area (Å²) in [5, 5.41) is 8.31. The lowest BCUT2D eigenvalue weighted by Gasteiger charge is -2.09. The fourth-order valence-electron chi connectivity index (χ4n) is 6.58. The lowest BCUT2D eigenvalue weighted by Crippen LogP contribution is -2.11. The largest absolute Gasteiger partial charge is 0.494 e. The maximum atomic E-state index is 14.8. The average molecular weight is 807 g/mol. The first-order valence-electron chi connectivity index (χ1n) is 21.6. The molecule has 0 radical (unpaired) electrons. The Balaban J connectivity index is 1.02. The number of hydrogen-bond donors (Lipinski definition) is 0. The van der Waals surface area contributed by atoms with E-state index in [0.29, 0.717) is 41.4 Å². The van der Waals surface area contributed by atoms with Gasteiger partial charge < -0.3 is 23.4 Å². The molecule has 9 nitrogen and oxygen atoms in total. The number of aromatic nitrogens is 2. The van der Waals surface area contributed by atoms with Gasteiger partial charge >= 0.3 is 11.9 Å². The topological polar surface area (TPSA) is 110 Å². The minimum Gasteiger partial charge on any atom is -0.494 e. The highest BCUT2D eigenvalue weighted by atomic mass is 19.1. The van der Waals surface area contributed by atoms with Crippen LogP contribution in [0, 0.1) is 5.82 Å². The van der Waals surface area contributed by atoms with E-state index in [1.807, 2.05) is 0 Å². The van der Waals surface area contributed by atoms with Crippen LogP contribution in [0.4, 0.5) is 4.39 Å². The summed E-state index contributed by atoms with van der Waals surface area (Å²) in [6.45, 7) is 5.61. The van der Waals surface area contributed by atoms with Gasteiger partial charge in [0.1, 0.15) is 28.8 Å². The quantitative estimate of drug-likeness (QED) is 0.0291. The van der Waals surface area contributed by atoms with Gasteiger partial charge in [0.2, 0.25) is 11.8 Å². The molecular formula is C49H59FN2O7. The lowest BCUT2D eigenvalue weighted by molar-refractivity contribution is 0.0722. The van der Waals surface area contributed by atoms with Crippen molar-refractivity contribution in [3.63, 3.8) is 0 Å². The van der Waals surface area contributed by atoms with E-state index in [1.54, 1.807) is 78.9 Å². The van der Waals surface area contributed by atoms with Crippen LogP contribution in [0.2, 0.25) is 0 Å². The molecule has 0 fully saturated rings. The molecule has 0 spiro atoms. The van der Waals surface area contributed by atoms with Crippen LogP contribution in [0.25, 0.3) is 22.9 Å². The second-order valence-corrected chi connectivity index (χ2v) is 14.9. The highest BCUT2D eigenvalue weighted by Crippen LogP contribution is 2.28. The number of nitrogens with zero attached hydrogens (tertiary/aromatic N) is 2. The number of unbranched alkanes of at least 4 members (excludes halogenated alkanes) is 15. The summed E-state index contributed by atoms with van der Waals surface area (Å²) in [5.41, 5.74) is 1.46. The fourth-order valence-corrected chi connectivity index (χ4v) is 6.58. The third kappa shape index (κ3) is 15.3. The number of ether oxygens (including phenoxy) is 4. The Labute approximate surface area is 348 Å². The molecule has 0 aliphatic carbocycles. The number of carbonyl (C=O) groups excluding carboxylic acids is 2. The highest BCUT2D eigenvalue weighted by molar-refractivity contribution is 5.92. The summed E-state index contributed by atoms with van der Waals surface area (Å²) in [5.74, 6) is 0.224. The van der Waals surface area contributed by atoms with Gasteiger partial charge in [-0.25, -0.2) is 14.0 Å². The maximum absolute atomic E-state index is 14.8.